The van der Waals surface area contributed by atoms with Gasteiger partial charge in [-0.05, 0) is 38.8 Å². The summed E-state index contributed by atoms with van der Waals surface area (Å²) in [7, 11) is 0. The molecule has 22 heavy (non-hydrogen) atoms. The van der Waals surface area contributed by atoms with E-state index in [2.05, 4.69) is 53.1 Å². The summed E-state index contributed by atoms with van der Waals surface area (Å²) in [5, 5.41) is 5.01. The van der Waals surface area contributed by atoms with Crippen molar-refractivity contribution < 1.29 is 0 Å². The molecule has 1 fully saturated rings. The van der Waals surface area contributed by atoms with Crippen LogP contribution < -0.4 is 10.2 Å². The second-order valence-corrected chi connectivity index (χ2v) is 7.03. The highest BCUT2D eigenvalue weighted by Crippen LogP contribution is 2.27. The zero-order chi connectivity index (χ0) is 15.5. The highest BCUT2D eigenvalue weighted by atomic mass is 32.1. The molecule has 0 bridgehead atoms. The first-order valence-electron chi connectivity index (χ1n) is 8.05. The maximum Gasteiger partial charge on any atom is 0.128 e. The summed E-state index contributed by atoms with van der Waals surface area (Å²) < 4.78 is 0. The second kappa shape index (κ2) is 6.75. The van der Waals surface area contributed by atoms with Crippen LogP contribution in [-0.2, 0) is 6.42 Å². The van der Waals surface area contributed by atoms with Crippen molar-refractivity contribution in [3.05, 3.63) is 40.0 Å². The van der Waals surface area contributed by atoms with Crippen LogP contribution in [0.4, 0.5) is 5.82 Å². The van der Waals surface area contributed by atoms with Gasteiger partial charge < -0.3 is 10.2 Å². The van der Waals surface area contributed by atoms with Crippen molar-refractivity contribution in [2.75, 3.05) is 18.0 Å². The first-order chi connectivity index (χ1) is 10.7. The first kappa shape index (κ1) is 15.4. The minimum absolute atomic E-state index is 0.367. The fourth-order valence-electron chi connectivity index (χ4n) is 3.09. The predicted molar refractivity (Wildman–Crippen MR) is 92.6 cm³/mol. The Morgan fingerprint density at radius 3 is 3.00 bits per heavy atom. The Kier molecular flexibility index (Phi) is 4.74. The van der Waals surface area contributed by atoms with Crippen molar-refractivity contribution in [1.29, 1.82) is 0 Å². The van der Waals surface area contributed by atoms with Crippen molar-refractivity contribution in [3.8, 4) is 0 Å². The molecule has 0 saturated carbocycles. The molecular weight excluding hydrogens is 292 g/mol. The van der Waals surface area contributed by atoms with Gasteiger partial charge in [-0.3, -0.25) is 0 Å². The molecule has 0 amide bonds. The molecule has 1 aliphatic rings. The van der Waals surface area contributed by atoms with Crippen LogP contribution in [0.3, 0.4) is 0 Å². The van der Waals surface area contributed by atoms with Gasteiger partial charge in [0.15, 0.2) is 0 Å². The molecule has 2 atom stereocenters. The molecule has 118 valence electrons. The molecule has 3 heterocycles. The van der Waals surface area contributed by atoms with Gasteiger partial charge in [0.1, 0.15) is 5.82 Å². The molecule has 1 N–H and O–H groups in total. The summed E-state index contributed by atoms with van der Waals surface area (Å²) in [6.07, 6.45) is 4.06. The van der Waals surface area contributed by atoms with Crippen molar-refractivity contribution in [3.63, 3.8) is 0 Å². The molecule has 2 aromatic heterocycles. The topological polar surface area (TPSA) is 41.1 Å². The van der Waals surface area contributed by atoms with Crippen LogP contribution in [0.15, 0.2) is 24.4 Å². The second-order valence-electron chi connectivity index (χ2n) is 5.92. The quantitative estimate of drug-likeness (QED) is 0.918. The molecule has 0 aromatic carbocycles. The number of nitrogens with one attached hydrogen (secondary N) is 1. The van der Waals surface area contributed by atoms with Gasteiger partial charge in [-0.25, -0.2) is 9.97 Å². The molecule has 5 heteroatoms. The van der Waals surface area contributed by atoms with Crippen LogP contribution in [0.25, 0.3) is 0 Å². The molecule has 1 aliphatic heterocycles. The van der Waals surface area contributed by atoms with Crippen molar-refractivity contribution in [2.24, 2.45) is 0 Å². The standard InChI is InChI=1S/C17H24N4S/c1-4-16-20-13(3)17(22-16)12(2)19-14-8-10-21(11-14)15-7-5-6-9-18-15/h5-7,9,12,14,19H,4,8,10-11H2,1-3H3. The van der Waals surface area contributed by atoms with Crippen molar-refractivity contribution in [2.45, 2.75) is 45.7 Å². The average molecular weight is 316 g/mol. The summed E-state index contributed by atoms with van der Waals surface area (Å²) in [5.74, 6) is 1.08. The van der Waals surface area contributed by atoms with Gasteiger partial charge in [0.05, 0.1) is 10.7 Å². The fourth-order valence-corrected chi connectivity index (χ4v) is 4.11. The fraction of sp³-hybridized carbons (Fsp3) is 0.529. The number of anilines is 1. The van der Waals surface area contributed by atoms with E-state index in [-0.39, 0.29) is 0 Å². The van der Waals surface area contributed by atoms with E-state index in [1.54, 1.807) is 0 Å². The Bertz CT molecular complexity index is 610. The predicted octanol–water partition coefficient (Wildman–Crippen LogP) is 3.34. The molecule has 1 saturated heterocycles. The summed E-state index contributed by atoms with van der Waals surface area (Å²) in [4.78, 5) is 12.8. The van der Waals surface area contributed by atoms with E-state index in [1.807, 2.05) is 23.6 Å². The van der Waals surface area contributed by atoms with Gasteiger partial charge in [-0.15, -0.1) is 11.3 Å². The number of thiazole rings is 1. The van der Waals surface area contributed by atoms with E-state index >= 15 is 0 Å². The molecule has 0 spiro atoms. The zero-order valence-corrected chi connectivity index (χ0v) is 14.4. The number of aryl methyl sites for hydroxylation is 2. The normalized spacial score (nSPS) is 19.6. The van der Waals surface area contributed by atoms with Gasteiger partial charge in [0.2, 0.25) is 0 Å². The molecule has 4 nitrogen and oxygen atoms in total. The van der Waals surface area contributed by atoms with Gasteiger partial charge in [-0.1, -0.05) is 13.0 Å². The highest BCUT2D eigenvalue weighted by Gasteiger charge is 2.25. The van der Waals surface area contributed by atoms with Gasteiger partial charge in [0.25, 0.3) is 0 Å². The maximum atomic E-state index is 4.65. The molecule has 0 radical (unpaired) electrons. The number of nitrogens with zero attached hydrogens (tertiary/aromatic N) is 3. The van der Waals surface area contributed by atoms with Gasteiger partial charge >= 0.3 is 0 Å². The van der Waals surface area contributed by atoms with E-state index in [4.69, 9.17) is 0 Å². The molecule has 3 rings (SSSR count). The minimum atomic E-state index is 0.367. The SMILES string of the molecule is CCc1nc(C)c(C(C)NC2CCN(c3ccccn3)C2)s1. The summed E-state index contributed by atoms with van der Waals surface area (Å²) in [6, 6.07) is 7.00. The molecule has 2 aromatic rings. The lowest BCUT2D eigenvalue weighted by atomic mass is 10.2. The third-order valence-electron chi connectivity index (χ3n) is 4.22. The third-order valence-corrected chi connectivity index (χ3v) is 5.70. The minimum Gasteiger partial charge on any atom is -0.355 e. The average Bonchev–Trinajstić information content (AvgIpc) is 3.14. The number of hydrogen-bond donors (Lipinski definition) is 1. The summed E-state index contributed by atoms with van der Waals surface area (Å²) >= 11 is 1.85. The molecule has 2 unspecified atom stereocenters. The number of pyridine rings is 1. The smallest absolute Gasteiger partial charge is 0.128 e. The van der Waals surface area contributed by atoms with Gasteiger partial charge in [0, 0.05) is 36.2 Å². The Balaban J connectivity index is 1.61. The summed E-state index contributed by atoms with van der Waals surface area (Å²) in [6.45, 7) is 8.65. The monoisotopic (exact) mass is 316 g/mol. The number of hydrogen-bond acceptors (Lipinski definition) is 5. The van der Waals surface area contributed by atoms with Crippen LogP contribution in [0, 0.1) is 6.92 Å². The van der Waals surface area contributed by atoms with Crippen LogP contribution in [0.5, 0.6) is 0 Å². The van der Waals surface area contributed by atoms with E-state index < -0.39 is 0 Å². The lowest BCUT2D eigenvalue weighted by Crippen LogP contribution is -2.34. The van der Waals surface area contributed by atoms with E-state index in [0.717, 1.165) is 25.3 Å². The summed E-state index contributed by atoms with van der Waals surface area (Å²) in [5.41, 5.74) is 1.18. The van der Waals surface area contributed by atoms with E-state index in [0.29, 0.717) is 12.1 Å². The Morgan fingerprint density at radius 1 is 1.45 bits per heavy atom. The van der Waals surface area contributed by atoms with E-state index in [1.165, 1.54) is 22.0 Å². The Labute approximate surface area is 136 Å². The maximum absolute atomic E-state index is 4.65. The highest BCUT2D eigenvalue weighted by molar-refractivity contribution is 7.11. The largest absolute Gasteiger partial charge is 0.355 e. The number of aromatic nitrogens is 2. The van der Waals surface area contributed by atoms with Crippen molar-refractivity contribution in [1.82, 2.24) is 15.3 Å². The molecular formula is C17H24N4S. The van der Waals surface area contributed by atoms with E-state index in [9.17, 15) is 0 Å². The molecule has 0 aliphatic carbocycles. The van der Waals surface area contributed by atoms with Crippen LogP contribution in [0.2, 0.25) is 0 Å². The van der Waals surface area contributed by atoms with Crippen molar-refractivity contribution >= 4 is 17.2 Å². The van der Waals surface area contributed by atoms with Crippen LogP contribution in [0.1, 0.15) is 41.9 Å². The Morgan fingerprint density at radius 2 is 2.32 bits per heavy atom. The lowest BCUT2D eigenvalue weighted by Gasteiger charge is -2.20. The number of rotatable bonds is 5. The third kappa shape index (κ3) is 3.31. The Hall–Kier alpha value is -1.46. The van der Waals surface area contributed by atoms with Crippen LogP contribution >= 0.6 is 11.3 Å². The lowest BCUT2D eigenvalue weighted by molar-refractivity contribution is 0.484. The van der Waals surface area contributed by atoms with Gasteiger partial charge in [-0.2, -0.15) is 0 Å². The van der Waals surface area contributed by atoms with Crippen LogP contribution in [-0.4, -0.2) is 29.1 Å². The zero-order valence-electron chi connectivity index (χ0n) is 13.5. The first-order valence-corrected chi connectivity index (χ1v) is 8.87.